The molecular weight excluding hydrogens is 1120 g/mol. The van der Waals surface area contributed by atoms with Crippen LogP contribution in [0.25, 0.3) is 16.5 Å². The lowest BCUT2D eigenvalue weighted by Crippen LogP contribution is -2.56. The van der Waals surface area contributed by atoms with E-state index in [1.165, 1.54) is 27.4 Å². The van der Waals surface area contributed by atoms with Crippen molar-refractivity contribution in [3.63, 3.8) is 0 Å². The van der Waals surface area contributed by atoms with E-state index < -0.39 is 62.0 Å². The number of para-hydroxylation sites is 1. The third-order valence-corrected chi connectivity index (χ3v) is 22.7. The van der Waals surface area contributed by atoms with Crippen LogP contribution in [0.5, 0.6) is 5.75 Å². The number of likely N-dealkylation sites (N-methyl/N-ethyl adjacent to an activating group) is 1. The molecule has 0 fully saturated rings. The zero-order valence-corrected chi connectivity index (χ0v) is 52.9. The van der Waals surface area contributed by atoms with Crippen molar-refractivity contribution in [2.45, 2.75) is 115 Å². The van der Waals surface area contributed by atoms with Crippen LogP contribution in [0.1, 0.15) is 111 Å². The molecule has 1 unspecified atom stereocenters. The van der Waals surface area contributed by atoms with Gasteiger partial charge in [0.2, 0.25) is 23.6 Å². The number of hydrogen-bond acceptors (Lipinski definition) is 11. The Morgan fingerprint density at radius 2 is 1.65 bits per heavy atom. The number of amides is 4. The van der Waals surface area contributed by atoms with Crippen molar-refractivity contribution in [1.82, 2.24) is 25.8 Å². The number of aromatic nitrogens is 1. The molecule has 0 spiro atoms. The molecule has 4 aromatic carbocycles. The maximum absolute atomic E-state index is 15.0. The van der Waals surface area contributed by atoms with Crippen LogP contribution in [-0.4, -0.2) is 140 Å². The first-order valence-corrected chi connectivity index (χ1v) is 33.7. The highest BCUT2D eigenvalue weighted by Gasteiger charge is 2.44. The van der Waals surface area contributed by atoms with E-state index in [2.05, 4.69) is 73.4 Å². The summed E-state index contributed by atoms with van der Waals surface area (Å²) in [4.78, 5) is 90.3. The summed E-state index contributed by atoms with van der Waals surface area (Å²) in [7, 11) is 7.13. The van der Waals surface area contributed by atoms with Gasteiger partial charge < -0.3 is 50.5 Å². The second kappa shape index (κ2) is 28.9. The highest BCUT2D eigenvalue weighted by Crippen LogP contribution is 2.44. The SMILES string of the molecule is C/C1=C\CC[C@H](C)OC(=O)C[C@H](c2ccc(O)cc2)NC(=O)[C@@H](Cc2c[nH]c3ccccc23)N(C)C(=O)[C@H](CCCCNC(=O)CCSCC[Si]2(C)C3=CC(=[N+](C)C)C=CC3=C(c3ccccc3C(=O)[O-])c3ccc(N(C)C)cc32)NC(=O)[C@@H](C)C1. The number of benzene rings is 4. The lowest BCUT2D eigenvalue weighted by atomic mass is 9.87. The fraction of sp³-hybridized carbons (Fsp3) is 0.397. The summed E-state index contributed by atoms with van der Waals surface area (Å²) in [6.45, 7) is 8.37. The molecule has 18 heteroatoms. The van der Waals surface area contributed by atoms with Crippen LogP contribution in [0.3, 0.4) is 0 Å². The molecular formula is C68H83N7O9SSi. The minimum atomic E-state index is -2.53. The van der Waals surface area contributed by atoms with Gasteiger partial charge in [0.05, 0.1) is 24.5 Å². The number of unbranched alkanes of at least 4 members (excludes halogenated alkanes) is 1. The fourth-order valence-electron chi connectivity index (χ4n) is 11.9. The van der Waals surface area contributed by atoms with Crippen LogP contribution in [0.2, 0.25) is 12.6 Å². The number of nitrogens with one attached hydrogen (secondary N) is 4. The van der Waals surface area contributed by atoms with Crippen LogP contribution >= 0.6 is 11.8 Å². The Bertz CT molecular complexity index is 3510. The van der Waals surface area contributed by atoms with E-state index in [1.54, 1.807) is 43.1 Å². The smallest absolute Gasteiger partial charge is 0.308 e. The van der Waals surface area contributed by atoms with E-state index in [-0.39, 0.29) is 42.4 Å². The number of rotatable bonds is 17. The van der Waals surface area contributed by atoms with E-state index in [4.69, 9.17) is 4.74 Å². The summed E-state index contributed by atoms with van der Waals surface area (Å²) in [6, 6.07) is 25.4. The standard InChI is InChI=1S/C68H83N7O9SSi/c1-43-17-16-18-45(3)84-63(78)41-58(46-24-28-50(76)29-25-46)72-66(80)59(38-47-42-70-56-22-13-12-19-51(47)56)75(8)67(81)57(71-65(79)44(2)37-43)23-14-15-33-69-62(77)32-34-85-35-36-86(9)60-39-48(73(4)5)26-30-54(60)64(52-20-10-11-21-53(52)68(82)83)55-31-27-49(74(6)7)40-61(55)86/h10-13,17,19-22,24-31,39-40,42,44-45,57-59,70H,14-16,18,23,32-38,41H2,1-9H3,(H4-,69,71,72,76,77,79,80,82,83)/b43-17+/t44-,45-,57-,58+,59+/m0/s1. The number of anilines is 1. The molecule has 0 bridgehead atoms. The molecule has 0 radical (unpaired) electrons. The lowest BCUT2D eigenvalue weighted by Gasteiger charge is -2.41. The van der Waals surface area contributed by atoms with Gasteiger partial charge in [-0.05, 0) is 144 Å². The third kappa shape index (κ3) is 15.5. The molecule has 4 amide bonds. The van der Waals surface area contributed by atoms with Gasteiger partial charge in [-0.15, -0.1) is 0 Å². The number of aromatic amines is 1. The number of phenolic OH excluding ortho intramolecular Hbond substituents is 1. The summed E-state index contributed by atoms with van der Waals surface area (Å²) in [5.74, 6) is -2.15. The van der Waals surface area contributed by atoms with Crippen LogP contribution < -0.4 is 31.1 Å². The normalized spacial score (nSPS) is 22.2. The van der Waals surface area contributed by atoms with Gasteiger partial charge in [-0.25, -0.2) is 4.58 Å². The van der Waals surface area contributed by atoms with E-state index >= 15 is 4.79 Å². The number of ether oxygens (including phenoxy) is 1. The van der Waals surface area contributed by atoms with E-state index in [1.807, 2.05) is 97.6 Å². The Morgan fingerprint density at radius 3 is 2.40 bits per heavy atom. The summed E-state index contributed by atoms with van der Waals surface area (Å²) >= 11 is 1.74. The average Bonchev–Trinajstić information content (AvgIpc) is 2.20. The molecule has 0 saturated heterocycles. The van der Waals surface area contributed by atoms with Crippen molar-refractivity contribution >= 4 is 88.5 Å². The number of aromatic hydroxyl groups is 1. The molecule has 3 heterocycles. The highest BCUT2D eigenvalue weighted by atomic mass is 32.2. The minimum absolute atomic E-state index is 0.0195. The van der Waals surface area contributed by atoms with Gasteiger partial charge in [-0.3, -0.25) is 24.0 Å². The van der Waals surface area contributed by atoms with Gasteiger partial charge in [0, 0.05) is 92.7 Å². The van der Waals surface area contributed by atoms with Crippen molar-refractivity contribution in [3.8, 4) is 5.75 Å². The number of carbonyl (C=O) groups excluding carboxylic acids is 6. The van der Waals surface area contributed by atoms with Crippen molar-refractivity contribution in [3.05, 3.63) is 166 Å². The Labute approximate surface area is 510 Å². The number of hydrogen-bond donors (Lipinski definition) is 5. The second-order valence-corrected chi connectivity index (χ2v) is 29.2. The van der Waals surface area contributed by atoms with Gasteiger partial charge in [-0.2, -0.15) is 11.8 Å². The Hall–Kier alpha value is -7.96. The summed E-state index contributed by atoms with van der Waals surface area (Å²) in [5, 5.41) is 35.3. The maximum atomic E-state index is 15.0. The summed E-state index contributed by atoms with van der Waals surface area (Å²) in [5.41, 5.74) is 9.04. The van der Waals surface area contributed by atoms with Crippen molar-refractivity contribution in [2.75, 3.05) is 58.2 Å². The number of carboxylic acid groups (broad SMARTS) is 1. The minimum Gasteiger partial charge on any atom is -0.545 e. The number of cyclic esters (lactones) is 1. The molecule has 1 aromatic heterocycles. The number of thioether (sulfide) groups is 1. The molecule has 16 nitrogen and oxygen atoms in total. The first kappa shape index (κ1) is 64.0. The predicted molar refractivity (Wildman–Crippen MR) is 343 cm³/mol. The quantitative estimate of drug-likeness (QED) is 0.0197. The fourth-order valence-corrected chi connectivity index (χ4v) is 18.0. The van der Waals surface area contributed by atoms with Crippen molar-refractivity contribution < 1.29 is 48.3 Å². The van der Waals surface area contributed by atoms with Crippen LogP contribution in [0.15, 0.2) is 138 Å². The molecule has 6 atom stereocenters. The Morgan fingerprint density at radius 1 is 0.907 bits per heavy atom. The number of aromatic carboxylic acids is 1. The van der Waals surface area contributed by atoms with Crippen LogP contribution in [0, 0.1) is 5.92 Å². The van der Waals surface area contributed by atoms with E-state index in [9.17, 15) is 34.2 Å². The van der Waals surface area contributed by atoms with Crippen molar-refractivity contribution in [1.29, 1.82) is 0 Å². The number of nitrogens with zero attached hydrogens (tertiary/aromatic N) is 3. The van der Waals surface area contributed by atoms with E-state index in [0.717, 1.165) is 61.9 Å². The number of esters is 1. The van der Waals surface area contributed by atoms with Gasteiger partial charge in [-0.1, -0.05) is 85.8 Å². The van der Waals surface area contributed by atoms with Crippen LogP contribution in [-0.2, 0) is 35.1 Å². The maximum Gasteiger partial charge on any atom is 0.308 e. The second-order valence-electron chi connectivity index (χ2n) is 23.7. The number of H-pyrrole nitrogens is 1. The molecule has 2 aliphatic heterocycles. The molecule has 5 N–H and O–H groups in total. The van der Waals surface area contributed by atoms with Gasteiger partial charge in [0.1, 0.15) is 40.0 Å². The Balaban J connectivity index is 0.947. The van der Waals surface area contributed by atoms with Gasteiger partial charge in [0.15, 0.2) is 5.71 Å². The number of allylic oxidation sites excluding steroid dienone is 7. The average molecular weight is 1200 g/mol. The molecule has 0 saturated carbocycles. The lowest BCUT2D eigenvalue weighted by molar-refractivity contribution is -0.462. The molecule has 5 aromatic rings. The zero-order chi connectivity index (χ0) is 61.8. The summed E-state index contributed by atoms with van der Waals surface area (Å²) in [6.07, 6.45) is 13.0. The van der Waals surface area contributed by atoms with Crippen LogP contribution in [0.4, 0.5) is 5.69 Å². The van der Waals surface area contributed by atoms with Gasteiger partial charge >= 0.3 is 5.97 Å². The first-order chi connectivity index (χ1) is 41.1. The monoisotopic (exact) mass is 1200 g/mol. The highest BCUT2D eigenvalue weighted by molar-refractivity contribution is 7.99. The van der Waals surface area contributed by atoms with Crippen molar-refractivity contribution in [2.24, 2.45) is 5.92 Å². The van der Waals surface area contributed by atoms with Gasteiger partial charge in [0.25, 0.3) is 0 Å². The molecule has 3 aliphatic rings. The molecule has 86 heavy (non-hydrogen) atoms. The predicted octanol–water partition coefficient (Wildman–Crippen LogP) is 8.06. The summed E-state index contributed by atoms with van der Waals surface area (Å²) < 4.78 is 7.94. The molecule has 8 rings (SSSR count). The molecule has 454 valence electrons. The largest absolute Gasteiger partial charge is 0.545 e. The topological polar surface area (TPSA) is 216 Å². The van der Waals surface area contributed by atoms with E-state index in [0.29, 0.717) is 61.9 Å². The molecule has 1 aliphatic carbocycles. The Kier molecular flexibility index (Phi) is 21.6. The first-order valence-electron chi connectivity index (χ1n) is 29.9. The number of carboxylic acids is 1. The number of carbonyl (C=O) groups is 6. The number of phenols is 1. The zero-order valence-electron chi connectivity index (χ0n) is 51.1. The number of fused-ring (bicyclic) bond motifs is 3. The third-order valence-electron chi connectivity index (χ3n) is 16.9.